The van der Waals surface area contributed by atoms with Crippen LogP contribution in [-0.2, 0) is 0 Å². The van der Waals surface area contributed by atoms with E-state index in [9.17, 15) is 29.7 Å². The fourth-order valence-electron chi connectivity index (χ4n) is 9.19. The van der Waals surface area contributed by atoms with E-state index < -0.39 is 46.3 Å². The summed E-state index contributed by atoms with van der Waals surface area (Å²) < 4.78 is 13.8. The second kappa shape index (κ2) is 16.2. The average Bonchev–Trinajstić information content (AvgIpc) is 3.46. The highest BCUT2D eigenvalue weighted by Crippen LogP contribution is 2.63. The number of aromatic nitrogens is 2. The molecule has 0 radical (unpaired) electrons. The lowest BCUT2D eigenvalue weighted by atomic mass is 9.49. The minimum absolute atomic E-state index is 0.0858. The van der Waals surface area contributed by atoms with Crippen molar-refractivity contribution < 1.29 is 23.9 Å². The van der Waals surface area contributed by atoms with E-state index >= 15 is 0 Å². The molecule has 2 aliphatic heterocycles. The molecule has 15 heteroatoms. The van der Waals surface area contributed by atoms with Crippen molar-refractivity contribution in [1.29, 1.82) is 10.5 Å². The van der Waals surface area contributed by atoms with Gasteiger partial charge < -0.3 is 20.1 Å². The van der Waals surface area contributed by atoms with Crippen molar-refractivity contribution in [2.45, 2.75) is 59.1 Å². The number of carbonyl (C=O) groups excluding carboxylic acids is 3. The molecule has 14 nitrogen and oxygen atoms in total. The number of halogens is 1. The van der Waals surface area contributed by atoms with Crippen molar-refractivity contribution in [3.05, 3.63) is 110 Å². The van der Waals surface area contributed by atoms with Crippen LogP contribution in [0.2, 0.25) is 5.02 Å². The van der Waals surface area contributed by atoms with E-state index in [2.05, 4.69) is 20.9 Å². The SMILES string of the molecule is CC1(C)C(Oc2ccc(C#N)c(Cl)c2)C(C)(C)C1n1c(C#N)ccc(N2C(=O)c3ccc(OCCCCCN4CCN(c5ccc(C(N)=O)cn5)CC4)cc3C2=O)c1=O. The van der Waals surface area contributed by atoms with Crippen LogP contribution in [0.25, 0.3) is 0 Å². The molecule has 3 amide bonds. The van der Waals surface area contributed by atoms with Crippen LogP contribution in [0, 0.1) is 33.5 Å². The number of anilines is 2. The monoisotopic (exact) mass is 816 g/mol. The quantitative estimate of drug-likeness (QED) is 0.124. The summed E-state index contributed by atoms with van der Waals surface area (Å²) in [5.74, 6) is -0.0225. The van der Waals surface area contributed by atoms with Crippen molar-refractivity contribution in [2.24, 2.45) is 16.6 Å². The van der Waals surface area contributed by atoms with E-state index in [-0.39, 0.29) is 27.5 Å². The number of rotatable bonds is 13. The van der Waals surface area contributed by atoms with Gasteiger partial charge in [-0.25, -0.2) is 9.88 Å². The summed E-state index contributed by atoms with van der Waals surface area (Å²) in [7, 11) is 0. The van der Waals surface area contributed by atoms with Gasteiger partial charge in [0.2, 0.25) is 5.91 Å². The Morgan fingerprint density at radius 3 is 2.22 bits per heavy atom. The molecule has 2 fully saturated rings. The predicted octanol–water partition coefficient (Wildman–Crippen LogP) is 5.97. The number of primary amides is 1. The van der Waals surface area contributed by atoms with Crippen LogP contribution in [-0.4, -0.2) is 77.6 Å². The van der Waals surface area contributed by atoms with Crippen molar-refractivity contribution in [2.75, 3.05) is 49.1 Å². The summed E-state index contributed by atoms with van der Waals surface area (Å²) >= 11 is 6.27. The van der Waals surface area contributed by atoms with Gasteiger partial charge in [-0.05, 0) is 80.4 Å². The molecule has 4 heterocycles. The molecular formula is C44H45ClN8O6. The number of nitrogens with two attached hydrogens (primary N) is 1. The third kappa shape index (κ3) is 7.62. The van der Waals surface area contributed by atoms with E-state index in [0.29, 0.717) is 29.2 Å². The number of hydrogen-bond acceptors (Lipinski definition) is 11. The van der Waals surface area contributed by atoms with Crippen LogP contribution in [0.4, 0.5) is 11.5 Å². The molecule has 2 N–H and O–H groups in total. The van der Waals surface area contributed by atoms with Crippen LogP contribution in [0.15, 0.2) is 71.7 Å². The molecule has 2 aromatic heterocycles. The second-order valence-corrected chi connectivity index (χ2v) is 16.8. The van der Waals surface area contributed by atoms with E-state index in [0.717, 1.165) is 62.7 Å². The number of nitrogens with zero attached hydrogens (tertiary/aromatic N) is 7. The topological polar surface area (TPSA) is 188 Å². The number of nitriles is 2. The molecule has 3 aliphatic rings. The number of hydrogen-bond donors (Lipinski definition) is 1. The van der Waals surface area contributed by atoms with Crippen LogP contribution >= 0.6 is 11.6 Å². The Bertz CT molecular complexity index is 2440. The van der Waals surface area contributed by atoms with E-state index in [1.807, 2.05) is 39.8 Å². The molecule has 2 aromatic carbocycles. The number of carbonyl (C=O) groups is 3. The smallest absolute Gasteiger partial charge is 0.276 e. The fraction of sp³-hybridized carbons (Fsp3) is 0.386. The summed E-state index contributed by atoms with van der Waals surface area (Å²) in [6.07, 6.45) is 3.82. The van der Waals surface area contributed by atoms with Gasteiger partial charge in [-0.1, -0.05) is 39.3 Å². The summed E-state index contributed by atoms with van der Waals surface area (Å²) in [6, 6.07) is 19.5. The van der Waals surface area contributed by atoms with Crippen molar-refractivity contribution >= 4 is 40.8 Å². The van der Waals surface area contributed by atoms with Gasteiger partial charge in [0.25, 0.3) is 17.4 Å². The van der Waals surface area contributed by atoms with Crippen LogP contribution in [0.3, 0.4) is 0 Å². The van der Waals surface area contributed by atoms with Crippen LogP contribution in [0.5, 0.6) is 11.5 Å². The highest BCUT2D eigenvalue weighted by Gasteiger charge is 2.65. The highest BCUT2D eigenvalue weighted by atomic mass is 35.5. The molecule has 1 saturated carbocycles. The lowest BCUT2D eigenvalue weighted by molar-refractivity contribution is -0.188. The van der Waals surface area contributed by atoms with Crippen LogP contribution < -0.4 is 30.6 Å². The molecule has 59 heavy (non-hydrogen) atoms. The van der Waals surface area contributed by atoms with Crippen molar-refractivity contribution in [3.8, 4) is 23.6 Å². The zero-order valence-corrected chi connectivity index (χ0v) is 34.2. The van der Waals surface area contributed by atoms with Crippen molar-refractivity contribution in [3.63, 3.8) is 0 Å². The van der Waals surface area contributed by atoms with Gasteiger partial charge in [-0.2, -0.15) is 10.5 Å². The summed E-state index contributed by atoms with van der Waals surface area (Å²) in [6.45, 7) is 12.6. The van der Waals surface area contributed by atoms with Gasteiger partial charge in [-0.15, -0.1) is 0 Å². The maximum Gasteiger partial charge on any atom is 0.276 e. The normalized spacial score (nSPS) is 19.4. The Morgan fingerprint density at radius 1 is 0.864 bits per heavy atom. The number of pyridine rings is 2. The first-order valence-corrected chi connectivity index (χ1v) is 20.0. The maximum absolute atomic E-state index is 14.4. The molecule has 0 bridgehead atoms. The highest BCUT2D eigenvalue weighted by molar-refractivity contribution is 6.34. The van der Waals surface area contributed by atoms with Crippen LogP contribution in [0.1, 0.15) is 95.3 Å². The van der Waals surface area contributed by atoms with Gasteiger partial charge in [0.1, 0.15) is 46.9 Å². The van der Waals surface area contributed by atoms with Gasteiger partial charge in [0.15, 0.2) is 0 Å². The number of piperazine rings is 1. The number of ether oxygens (including phenoxy) is 2. The molecule has 304 valence electrons. The third-order valence-corrected chi connectivity index (χ3v) is 12.1. The second-order valence-electron chi connectivity index (χ2n) is 16.3. The van der Waals surface area contributed by atoms with E-state index in [1.54, 1.807) is 42.5 Å². The van der Waals surface area contributed by atoms with E-state index in [1.165, 1.54) is 22.9 Å². The third-order valence-electron chi connectivity index (χ3n) is 11.8. The van der Waals surface area contributed by atoms with Gasteiger partial charge in [-0.3, -0.25) is 28.6 Å². The van der Waals surface area contributed by atoms with Crippen molar-refractivity contribution in [1.82, 2.24) is 14.5 Å². The molecule has 0 atom stereocenters. The molecule has 1 saturated heterocycles. The first-order valence-electron chi connectivity index (χ1n) is 19.6. The lowest BCUT2D eigenvalue weighted by Gasteiger charge is -2.63. The Kier molecular flexibility index (Phi) is 11.2. The number of unbranched alkanes of at least 4 members (excludes halogenated alkanes) is 2. The molecular weight excluding hydrogens is 772 g/mol. The average molecular weight is 817 g/mol. The Morgan fingerprint density at radius 2 is 1.58 bits per heavy atom. The molecule has 4 aromatic rings. The Hall–Kier alpha value is -6.22. The standard InChI is InChI=1S/C44H45ClN8O6/c1-43(2)41(44(3,4)42(43)59-31-11-8-27(24-46)34(45)23-31)52-29(25-47)10-14-35(40(52)57)53-38(55)32-13-12-30(22-33(32)39(53)56)58-21-7-5-6-16-50-17-19-51(20-18-50)36-15-9-28(26-49-36)37(48)54/h8-15,22-23,26,41-42H,5-7,16-21H2,1-4H3,(H2,48,54). The molecule has 7 rings (SSSR count). The number of amides is 3. The first-order chi connectivity index (χ1) is 28.2. The minimum Gasteiger partial charge on any atom is -0.494 e. The number of fused-ring (bicyclic) bond motifs is 1. The zero-order chi connectivity index (χ0) is 42.2. The zero-order valence-electron chi connectivity index (χ0n) is 33.4. The molecule has 0 unspecified atom stereocenters. The number of imide groups is 1. The molecule has 0 spiro atoms. The number of benzene rings is 2. The van der Waals surface area contributed by atoms with E-state index in [4.69, 9.17) is 26.8 Å². The summed E-state index contributed by atoms with van der Waals surface area (Å²) in [4.78, 5) is 63.2. The Labute approximate surface area is 347 Å². The maximum atomic E-state index is 14.4. The first kappa shape index (κ1) is 41.0. The fourth-order valence-corrected chi connectivity index (χ4v) is 9.40. The summed E-state index contributed by atoms with van der Waals surface area (Å²) in [5.41, 5.74) is 4.22. The summed E-state index contributed by atoms with van der Waals surface area (Å²) in [5, 5.41) is 19.7. The largest absolute Gasteiger partial charge is 0.494 e. The minimum atomic E-state index is -0.705. The predicted molar refractivity (Wildman–Crippen MR) is 221 cm³/mol. The van der Waals surface area contributed by atoms with Gasteiger partial charge in [0.05, 0.1) is 39.9 Å². The van der Waals surface area contributed by atoms with Gasteiger partial charge in [0, 0.05) is 49.3 Å². The Balaban J connectivity index is 0.958. The molecule has 1 aliphatic carbocycles. The van der Waals surface area contributed by atoms with Gasteiger partial charge >= 0.3 is 0 Å². The lowest BCUT2D eigenvalue weighted by Crippen LogP contribution is -2.67.